The third-order valence-corrected chi connectivity index (χ3v) is 1.65. The molecule has 12 heavy (non-hydrogen) atoms. The predicted molar refractivity (Wildman–Crippen MR) is 44.5 cm³/mol. The molecule has 0 unspecified atom stereocenters. The van der Waals surface area contributed by atoms with Gasteiger partial charge in [-0.1, -0.05) is 0 Å². The van der Waals surface area contributed by atoms with E-state index < -0.39 is 0 Å². The lowest BCUT2D eigenvalue weighted by Crippen LogP contribution is -2.17. The molecular formula is C9H10FNO. The normalized spacial score (nSPS) is 9.58. The quantitative estimate of drug-likeness (QED) is 0.674. The van der Waals surface area contributed by atoms with Crippen LogP contribution in [0.3, 0.4) is 0 Å². The fourth-order valence-electron chi connectivity index (χ4n) is 0.930. The van der Waals surface area contributed by atoms with Crippen molar-refractivity contribution in [1.82, 2.24) is 5.32 Å². The van der Waals surface area contributed by atoms with Gasteiger partial charge >= 0.3 is 0 Å². The summed E-state index contributed by atoms with van der Waals surface area (Å²) >= 11 is 0. The first-order valence-corrected chi connectivity index (χ1v) is 3.63. The molecule has 0 atom stereocenters. The van der Waals surface area contributed by atoms with Crippen LogP contribution in [0.4, 0.5) is 4.39 Å². The zero-order chi connectivity index (χ0) is 9.14. The number of halogens is 1. The second kappa shape index (κ2) is 3.34. The summed E-state index contributed by atoms with van der Waals surface area (Å²) in [6, 6.07) is 4.27. The highest BCUT2D eigenvalue weighted by atomic mass is 19.1. The molecule has 0 aromatic heterocycles. The van der Waals surface area contributed by atoms with E-state index in [4.69, 9.17) is 0 Å². The van der Waals surface area contributed by atoms with Crippen LogP contribution in [0.1, 0.15) is 15.9 Å². The van der Waals surface area contributed by atoms with Crippen LogP contribution in [0.25, 0.3) is 0 Å². The molecule has 0 saturated heterocycles. The minimum atomic E-state index is -0.289. The molecule has 0 aliphatic rings. The maximum atomic E-state index is 12.7. The molecule has 0 spiro atoms. The topological polar surface area (TPSA) is 29.1 Å². The van der Waals surface area contributed by atoms with Gasteiger partial charge in [-0.25, -0.2) is 4.39 Å². The van der Waals surface area contributed by atoms with Crippen molar-refractivity contribution in [1.29, 1.82) is 0 Å². The van der Waals surface area contributed by atoms with E-state index in [-0.39, 0.29) is 11.7 Å². The Labute approximate surface area is 70.4 Å². The summed E-state index contributed by atoms with van der Waals surface area (Å²) in [5.74, 6) is -0.485. The van der Waals surface area contributed by atoms with Crippen LogP contribution in [0.15, 0.2) is 18.2 Å². The van der Waals surface area contributed by atoms with E-state index in [0.29, 0.717) is 11.1 Å². The summed E-state index contributed by atoms with van der Waals surface area (Å²) in [5.41, 5.74) is 0.965. The van der Waals surface area contributed by atoms with Crippen molar-refractivity contribution in [3.8, 4) is 0 Å². The standard InChI is InChI=1S/C9H10FNO/c1-6-5-7(9(12)11-2)3-4-8(6)10/h3-5H,1-2H3,(H,11,12). The molecule has 1 N–H and O–H groups in total. The van der Waals surface area contributed by atoms with E-state index in [1.54, 1.807) is 14.0 Å². The minimum Gasteiger partial charge on any atom is -0.355 e. The highest BCUT2D eigenvalue weighted by Crippen LogP contribution is 2.08. The molecule has 1 aromatic carbocycles. The van der Waals surface area contributed by atoms with E-state index in [0.717, 1.165) is 0 Å². The van der Waals surface area contributed by atoms with E-state index in [1.807, 2.05) is 0 Å². The van der Waals surface area contributed by atoms with E-state index in [9.17, 15) is 9.18 Å². The Balaban J connectivity index is 3.05. The lowest BCUT2D eigenvalue weighted by Gasteiger charge is -2.01. The van der Waals surface area contributed by atoms with Crippen LogP contribution in [0.2, 0.25) is 0 Å². The van der Waals surface area contributed by atoms with Gasteiger partial charge in [-0.15, -0.1) is 0 Å². The molecule has 0 fully saturated rings. The number of carbonyl (C=O) groups is 1. The van der Waals surface area contributed by atoms with E-state index in [1.165, 1.54) is 18.2 Å². The Hall–Kier alpha value is -1.38. The lowest BCUT2D eigenvalue weighted by molar-refractivity contribution is 0.0963. The number of benzene rings is 1. The molecule has 1 amide bonds. The fourth-order valence-corrected chi connectivity index (χ4v) is 0.930. The summed E-state index contributed by atoms with van der Waals surface area (Å²) in [6.07, 6.45) is 0. The third kappa shape index (κ3) is 1.61. The number of carbonyl (C=O) groups excluding carboxylic acids is 1. The number of rotatable bonds is 1. The first-order valence-electron chi connectivity index (χ1n) is 3.63. The molecule has 64 valence electrons. The van der Waals surface area contributed by atoms with Crippen molar-refractivity contribution in [2.45, 2.75) is 6.92 Å². The van der Waals surface area contributed by atoms with Gasteiger partial charge in [-0.2, -0.15) is 0 Å². The van der Waals surface area contributed by atoms with E-state index in [2.05, 4.69) is 5.32 Å². The largest absolute Gasteiger partial charge is 0.355 e. The number of amides is 1. The number of nitrogens with one attached hydrogen (secondary N) is 1. The van der Waals surface area contributed by atoms with Crippen LogP contribution in [0.5, 0.6) is 0 Å². The molecular weight excluding hydrogens is 157 g/mol. The van der Waals surface area contributed by atoms with Crippen LogP contribution in [0, 0.1) is 12.7 Å². The molecule has 1 rings (SSSR count). The van der Waals surface area contributed by atoms with Gasteiger partial charge in [0.15, 0.2) is 0 Å². The second-order valence-electron chi connectivity index (χ2n) is 2.54. The van der Waals surface area contributed by atoms with Crippen molar-refractivity contribution in [3.05, 3.63) is 35.1 Å². The van der Waals surface area contributed by atoms with Gasteiger partial charge in [-0.3, -0.25) is 4.79 Å². The average molecular weight is 167 g/mol. The number of hydrogen-bond donors (Lipinski definition) is 1. The van der Waals surface area contributed by atoms with Crippen LogP contribution < -0.4 is 5.32 Å². The van der Waals surface area contributed by atoms with Gasteiger partial charge in [0.25, 0.3) is 5.91 Å². The Kier molecular flexibility index (Phi) is 2.43. The molecule has 2 nitrogen and oxygen atoms in total. The van der Waals surface area contributed by atoms with Crippen LogP contribution >= 0.6 is 0 Å². The Morgan fingerprint density at radius 3 is 2.67 bits per heavy atom. The Bertz CT molecular complexity index is 309. The summed E-state index contributed by atoms with van der Waals surface area (Å²) in [7, 11) is 1.54. The minimum absolute atomic E-state index is 0.196. The smallest absolute Gasteiger partial charge is 0.251 e. The summed E-state index contributed by atoms with van der Waals surface area (Å²) in [6.45, 7) is 1.63. The molecule has 0 saturated carbocycles. The van der Waals surface area contributed by atoms with Gasteiger partial charge in [0, 0.05) is 12.6 Å². The average Bonchev–Trinajstić information content (AvgIpc) is 2.08. The van der Waals surface area contributed by atoms with Crippen molar-refractivity contribution in [2.24, 2.45) is 0 Å². The molecule has 0 aliphatic carbocycles. The van der Waals surface area contributed by atoms with Crippen molar-refractivity contribution in [2.75, 3.05) is 7.05 Å². The van der Waals surface area contributed by atoms with Gasteiger partial charge in [0.2, 0.25) is 0 Å². The molecule has 1 aromatic rings. The van der Waals surface area contributed by atoms with Gasteiger partial charge in [-0.05, 0) is 30.7 Å². The maximum absolute atomic E-state index is 12.7. The van der Waals surface area contributed by atoms with Crippen LogP contribution in [-0.2, 0) is 0 Å². The number of aryl methyl sites for hydroxylation is 1. The van der Waals surface area contributed by atoms with Crippen molar-refractivity contribution >= 4 is 5.91 Å². The van der Waals surface area contributed by atoms with Gasteiger partial charge < -0.3 is 5.32 Å². The first kappa shape index (κ1) is 8.71. The Morgan fingerprint density at radius 2 is 2.17 bits per heavy atom. The number of hydrogen-bond acceptors (Lipinski definition) is 1. The maximum Gasteiger partial charge on any atom is 0.251 e. The lowest BCUT2D eigenvalue weighted by atomic mass is 10.1. The highest BCUT2D eigenvalue weighted by molar-refractivity contribution is 5.94. The predicted octanol–water partition coefficient (Wildman–Crippen LogP) is 1.49. The highest BCUT2D eigenvalue weighted by Gasteiger charge is 2.04. The molecule has 0 heterocycles. The molecule has 0 bridgehead atoms. The summed E-state index contributed by atoms with van der Waals surface area (Å²) < 4.78 is 12.7. The monoisotopic (exact) mass is 167 g/mol. The van der Waals surface area contributed by atoms with Crippen molar-refractivity contribution in [3.63, 3.8) is 0 Å². The van der Waals surface area contributed by atoms with Gasteiger partial charge in [0.1, 0.15) is 5.82 Å². The second-order valence-corrected chi connectivity index (χ2v) is 2.54. The summed E-state index contributed by atoms with van der Waals surface area (Å²) in [5, 5.41) is 2.47. The van der Waals surface area contributed by atoms with Crippen LogP contribution in [-0.4, -0.2) is 13.0 Å². The third-order valence-electron chi connectivity index (χ3n) is 1.65. The molecule has 0 radical (unpaired) electrons. The van der Waals surface area contributed by atoms with E-state index >= 15 is 0 Å². The van der Waals surface area contributed by atoms with Crippen molar-refractivity contribution < 1.29 is 9.18 Å². The molecule has 3 heteroatoms. The fraction of sp³-hybridized carbons (Fsp3) is 0.222. The summed E-state index contributed by atoms with van der Waals surface area (Å²) in [4.78, 5) is 11.0. The zero-order valence-electron chi connectivity index (χ0n) is 7.02. The van der Waals surface area contributed by atoms with Gasteiger partial charge in [0.05, 0.1) is 0 Å². The molecule has 0 aliphatic heterocycles. The SMILES string of the molecule is CNC(=O)c1ccc(F)c(C)c1. The Morgan fingerprint density at radius 1 is 1.50 bits per heavy atom. The first-order chi connectivity index (χ1) is 5.65. The zero-order valence-corrected chi connectivity index (χ0v) is 7.02.